The number of fused-ring (bicyclic) bond motifs is 1. The van der Waals surface area contributed by atoms with Crippen LogP contribution in [-0.2, 0) is 17.5 Å². The van der Waals surface area contributed by atoms with Crippen molar-refractivity contribution in [2.75, 3.05) is 0 Å². The number of halogens is 6. The monoisotopic (exact) mass is 443 g/mol. The molecule has 0 bridgehead atoms. The van der Waals surface area contributed by atoms with Crippen LogP contribution in [0.3, 0.4) is 0 Å². The van der Waals surface area contributed by atoms with Crippen molar-refractivity contribution in [1.82, 2.24) is 14.9 Å². The Morgan fingerprint density at radius 1 is 1.20 bits per heavy atom. The van der Waals surface area contributed by atoms with Crippen LogP contribution in [0.5, 0.6) is 0 Å². The van der Waals surface area contributed by atoms with E-state index in [9.17, 15) is 26.7 Å². The van der Waals surface area contributed by atoms with Gasteiger partial charge in [-0.2, -0.15) is 13.2 Å². The number of H-pyrrole nitrogens is 1. The first-order chi connectivity index (χ1) is 14.1. The number of nitrogens with zero attached hydrogens (tertiary/aromatic N) is 2. The summed E-state index contributed by atoms with van der Waals surface area (Å²) in [6.07, 6.45) is -3.45. The van der Waals surface area contributed by atoms with E-state index in [1.165, 1.54) is 23.1 Å². The van der Waals surface area contributed by atoms with Crippen molar-refractivity contribution < 1.29 is 26.7 Å². The Kier molecular flexibility index (Phi) is 5.17. The van der Waals surface area contributed by atoms with Crippen LogP contribution >= 0.6 is 11.6 Å². The zero-order valence-corrected chi connectivity index (χ0v) is 16.1. The average Bonchev–Trinajstić information content (AvgIpc) is 3.10. The van der Waals surface area contributed by atoms with E-state index in [1.807, 2.05) is 0 Å². The first kappa shape index (κ1) is 20.6. The molecule has 1 unspecified atom stereocenters. The lowest BCUT2D eigenvalue weighted by Crippen LogP contribution is -2.38. The van der Waals surface area contributed by atoms with E-state index in [0.29, 0.717) is 24.5 Å². The van der Waals surface area contributed by atoms with Gasteiger partial charge in [0.25, 0.3) is 0 Å². The first-order valence-corrected chi connectivity index (χ1v) is 9.51. The maximum Gasteiger partial charge on any atom is 0.416 e. The lowest BCUT2D eigenvalue weighted by Gasteiger charge is -2.34. The number of benzene rings is 2. The summed E-state index contributed by atoms with van der Waals surface area (Å²) in [7, 11) is 0. The summed E-state index contributed by atoms with van der Waals surface area (Å²) in [5.41, 5.74) is -1.09. The standard InChI is InChI=1S/C20H15ClF5N3O/c21-13-5-4-12(22)6-10(13)9-29-16(2-1-3-17(29)30)19-27-15-8-11(20(24,25)26)7-14(23)18(15)28-19/h4-8,16H,1-3,9H2,(H,27,28). The molecule has 1 N–H and O–H groups in total. The number of alkyl halides is 3. The molecule has 1 saturated heterocycles. The van der Waals surface area contributed by atoms with Gasteiger partial charge in [0.15, 0.2) is 5.82 Å². The summed E-state index contributed by atoms with van der Waals surface area (Å²) >= 11 is 6.12. The van der Waals surface area contributed by atoms with E-state index in [0.717, 1.165) is 6.07 Å². The zero-order valence-electron chi connectivity index (χ0n) is 15.4. The predicted octanol–water partition coefficient (Wildman–Crippen LogP) is 5.77. The molecule has 4 rings (SSSR count). The van der Waals surface area contributed by atoms with Gasteiger partial charge in [0.2, 0.25) is 5.91 Å². The van der Waals surface area contributed by atoms with Crippen LogP contribution in [0.4, 0.5) is 22.0 Å². The molecule has 4 nitrogen and oxygen atoms in total. The third kappa shape index (κ3) is 3.86. The average molecular weight is 444 g/mol. The summed E-state index contributed by atoms with van der Waals surface area (Å²) in [5.74, 6) is -1.68. The third-order valence-corrected chi connectivity index (χ3v) is 5.48. The summed E-state index contributed by atoms with van der Waals surface area (Å²) in [6, 6.07) is 4.34. The number of nitrogens with one attached hydrogen (secondary N) is 1. The fourth-order valence-electron chi connectivity index (χ4n) is 3.67. The second-order valence-electron chi connectivity index (χ2n) is 7.14. The number of rotatable bonds is 3. The Hall–Kier alpha value is -2.68. The SMILES string of the molecule is O=C1CCCC(c2nc3c(F)cc(C(F)(F)F)cc3[nH]2)N1Cc1cc(F)ccc1Cl. The van der Waals surface area contributed by atoms with E-state index < -0.39 is 29.4 Å². The van der Waals surface area contributed by atoms with Gasteiger partial charge >= 0.3 is 6.18 Å². The summed E-state index contributed by atoms with van der Waals surface area (Å²) in [6.45, 7) is -0.00653. The van der Waals surface area contributed by atoms with Gasteiger partial charge in [-0.3, -0.25) is 4.79 Å². The van der Waals surface area contributed by atoms with Crippen molar-refractivity contribution in [1.29, 1.82) is 0 Å². The molecule has 1 amide bonds. The molecular formula is C20H15ClF5N3O. The Labute approximate surface area is 172 Å². The maximum absolute atomic E-state index is 14.3. The Balaban J connectivity index is 1.73. The quantitative estimate of drug-likeness (QED) is 0.523. The first-order valence-electron chi connectivity index (χ1n) is 9.13. The smallest absolute Gasteiger partial charge is 0.340 e. The van der Waals surface area contributed by atoms with Crippen molar-refractivity contribution in [3.63, 3.8) is 0 Å². The zero-order chi connectivity index (χ0) is 21.6. The Morgan fingerprint density at radius 2 is 1.97 bits per heavy atom. The lowest BCUT2D eigenvalue weighted by atomic mass is 10.00. The van der Waals surface area contributed by atoms with Crippen LogP contribution in [0.1, 0.15) is 42.3 Å². The minimum absolute atomic E-state index is 0.00653. The van der Waals surface area contributed by atoms with Gasteiger partial charge in [0, 0.05) is 18.0 Å². The maximum atomic E-state index is 14.3. The van der Waals surface area contributed by atoms with Crippen LogP contribution in [0.25, 0.3) is 11.0 Å². The molecule has 0 radical (unpaired) electrons. The minimum Gasteiger partial charge on any atom is -0.340 e. The highest BCUT2D eigenvalue weighted by Crippen LogP contribution is 2.36. The van der Waals surface area contributed by atoms with Gasteiger partial charge in [-0.15, -0.1) is 0 Å². The molecule has 158 valence electrons. The van der Waals surface area contributed by atoms with Crippen LogP contribution in [0.2, 0.25) is 5.02 Å². The predicted molar refractivity (Wildman–Crippen MR) is 99.6 cm³/mol. The number of aromatic nitrogens is 2. The molecule has 1 atom stereocenters. The number of hydrogen-bond acceptors (Lipinski definition) is 2. The summed E-state index contributed by atoms with van der Waals surface area (Å²) in [4.78, 5) is 20.9. The minimum atomic E-state index is -4.71. The molecule has 0 aliphatic carbocycles. The number of likely N-dealkylation sites (tertiary alicyclic amines) is 1. The number of aromatic amines is 1. The summed E-state index contributed by atoms with van der Waals surface area (Å²) < 4.78 is 66.8. The van der Waals surface area contributed by atoms with Gasteiger partial charge < -0.3 is 9.88 Å². The topological polar surface area (TPSA) is 49.0 Å². The van der Waals surface area contributed by atoms with Crippen molar-refractivity contribution >= 4 is 28.5 Å². The number of amides is 1. The fraction of sp³-hybridized carbons (Fsp3) is 0.300. The molecule has 1 aliphatic heterocycles. The number of piperidine rings is 1. The molecular weight excluding hydrogens is 429 g/mol. The molecule has 1 aliphatic rings. The number of carbonyl (C=O) groups excluding carboxylic acids is 1. The number of carbonyl (C=O) groups is 1. The van der Waals surface area contributed by atoms with Crippen molar-refractivity contribution in [3.05, 3.63) is 63.9 Å². The second kappa shape index (κ2) is 7.54. The van der Waals surface area contributed by atoms with Crippen LogP contribution < -0.4 is 0 Å². The number of hydrogen-bond donors (Lipinski definition) is 1. The van der Waals surface area contributed by atoms with Crippen molar-refractivity contribution in [2.45, 2.75) is 38.0 Å². The molecule has 2 aromatic carbocycles. The highest BCUT2D eigenvalue weighted by molar-refractivity contribution is 6.31. The van der Waals surface area contributed by atoms with Gasteiger partial charge in [-0.1, -0.05) is 11.6 Å². The number of imidazole rings is 1. The van der Waals surface area contributed by atoms with Crippen LogP contribution in [0, 0.1) is 11.6 Å². The Morgan fingerprint density at radius 3 is 2.70 bits per heavy atom. The highest BCUT2D eigenvalue weighted by atomic mass is 35.5. The van der Waals surface area contributed by atoms with Crippen molar-refractivity contribution in [2.24, 2.45) is 0 Å². The van der Waals surface area contributed by atoms with E-state index in [2.05, 4.69) is 9.97 Å². The molecule has 0 spiro atoms. The molecule has 2 heterocycles. The van der Waals surface area contributed by atoms with Gasteiger partial charge in [0.1, 0.15) is 17.2 Å². The van der Waals surface area contributed by atoms with Gasteiger partial charge in [0.05, 0.1) is 17.1 Å². The van der Waals surface area contributed by atoms with Crippen molar-refractivity contribution in [3.8, 4) is 0 Å². The van der Waals surface area contributed by atoms with E-state index >= 15 is 0 Å². The molecule has 1 aromatic heterocycles. The molecule has 10 heteroatoms. The highest BCUT2D eigenvalue weighted by Gasteiger charge is 2.34. The second-order valence-corrected chi connectivity index (χ2v) is 7.55. The van der Waals surface area contributed by atoms with E-state index in [4.69, 9.17) is 11.6 Å². The normalized spacial score (nSPS) is 17.7. The molecule has 3 aromatic rings. The van der Waals surface area contributed by atoms with Gasteiger partial charge in [-0.05, 0) is 48.7 Å². The van der Waals surface area contributed by atoms with Gasteiger partial charge in [-0.25, -0.2) is 13.8 Å². The van der Waals surface area contributed by atoms with E-state index in [1.54, 1.807) is 0 Å². The van der Waals surface area contributed by atoms with E-state index in [-0.39, 0.29) is 40.8 Å². The molecule has 1 fully saturated rings. The summed E-state index contributed by atoms with van der Waals surface area (Å²) in [5, 5.41) is 0.277. The third-order valence-electron chi connectivity index (χ3n) is 5.11. The van der Waals surface area contributed by atoms with Crippen LogP contribution in [0.15, 0.2) is 30.3 Å². The molecule has 0 saturated carbocycles. The lowest BCUT2D eigenvalue weighted by molar-refractivity contribution is -0.138. The largest absolute Gasteiger partial charge is 0.416 e. The molecule has 30 heavy (non-hydrogen) atoms. The Bertz CT molecular complexity index is 1130. The fourth-order valence-corrected chi connectivity index (χ4v) is 3.84. The van der Waals surface area contributed by atoms with Crippen LogP contribution in [-0.4, -0.2) is 20.8 Å².